The van der Waals surface area contributed by atoms with Crippen molar-refractivity contribution in [1.82, 2.24) is 19.9 Å². The van der Waals surface area contributed by atoms with Crippen molar-refractivity contribution in [2.45, 2.75) is 6.92 Å². The van der Waals surface area contributed by atoms with E-state index in [0.717, 1.165) is 0 Å². The van der Waals surface area contributed by atoms with Crippen LogP contribution in [0.4, 0.5) is 17.6 Å². The van der Waals surface area contributed by atoms with E-state index in [4.69, 9.17) is 25.7 Å². The first-order valence-electron chi connectivity index (χ1n) is 15.1. The number of nitrogens with two attached hydrogens (primary N) is 1. The highest BCUT2D eigenvalue weighted by Crippen LogP contribution is 2.33. The molecule has 7 aromatic rings. The topological polar surface area (TPSA) is 125 Å². The Morgan fingerprint density at radius 1 is 0.460 bits per heavy atom. The van der Waals surface area contributed by atoms with Gasteiger partial charge in [0.15, 0.2) is 0 Å². The Bertz CT molecular complexity index is 2520. The van der Waals surface area contributed by atoms with Crippen LogP contribution in [0.5, 0.6) is 0 Å². The van der Waals surface area contributed by atoms with E-state index in [1.54, 1.807) is 6.92 Å². The van der Waals surface area contributed by atoms with Crippen molar-refractivity contribution in [2.75, 3.05) is 0 Å². The molecule has 0 aliphatic rings. The molecule has 0 saturated carbocycles. The van der Waals surface area contributed by atoms with Gasteiger partial charge in [-0.15, -0.1) is 0 Å². The fourth-order valence-corrected chi connectivity index (χ4v) is 5.78. The Labute approximate surface area is 281 Å². The zero-order valence-corrected chi connectivity index (χ0v) is 26.0. The van der Waals surface area contributed by atoms with Crippen molar-refractivity contribution in [2.24, 2.45) is 5.73 Å². The minimum Gasteiger partial charge on any atom is -0.402 e. The van der Waals surface area contributed by atoms with Gasteiger partial charge >= 0.3 is 0 Å². The van der Waals surface area contributed by atoms with Crippen LogP contribution in [-0.2, 0) is 0 Å². The predicted octanol–water partition coefficient (Wildman–Crippen LogP) is 7.08. The first-order valence-corrected chi connectivity index (χ1v) is 15.1. The molecule has 0 saturated heterocycles. The number of hydrogen-bond acceptors (Lipinski definition) is 7. The number of nitriles is 2. The van der Waals surface area contributed by atoms with Gasteiger partial charge in [0.25, 0.3) is 0 Å². The van der Waals surface area contributed by atoms with E-state index in [2.05, 4.69) is 0 Å². The van der Waals surface area contributed by atoms with E-state index in [1.807, 2.05) is 12.1 Å². The molecule has 0 aliphatic heterocycles. The Hall–Kier alpha value is -6.98. The molecular formula is C39H21F4N7. The van der Waals surface area contributed by atoms with Crippen molar-refractivity contribution < 1.29 is 17.6 Å². The van der Waals surface area contributed by atoms with Crippen LogP contribution in [-0.4, -0.2) is 19.9 Å². The number of hydrogen-bond donors (Lipinski definition) is 1. The molecule has 7 rings (SSSR count). The fraction of sp³-hybridized carbons (Fsp3) is 0.0256. The van der Waals surface area contributed by atoms with Gasteiger partial charge in [-0.2, -0.15) is 10.5 Å². The molecule has 0 bridgehead atoms. The second-order valence-corrected chi connectivity index (χ2v) is 11.3. The lowest BCUT2D eigenvalue weighted by molar-refractivity contribution is 0.627. The molecule has 2 heterocycles. The van der Waals surface area contributed by atoms with E-state index in [-0.39, 0.29) is 66.5 Å². The number of halogens is 4. The molecule has 0 amide bonds. The lowest BCUT2D eigenvalue weighted by atomic mass is 10.00. The molecule has 50 heavy (non-hydrogen) atoms. The Kier molecular flexibility index (Phi) is 7.94. The van der Waals surface area contributed by atoms with Crippen LogP contribution in [0.25, 0.3) is 78.4 Å². The Balaban J connectivity index is 1.74. The average molecular weight is 664 g/mol. The summed E-state index contributed by atoms with van der Waals surface area (Å²) < 4.78 is 56.2. The predicted molar refractivity (Wildman–Crippen MR) is 181 cm³/mol. The van der Waals surface area contributed by atoms with Gasteiger partial charge in [-0.05, 0) is 104 Å². The highest BCUT2D eigenvalue weighted by atomic mass is 19.1. The van der Waals surface area contributed by atoms with Crippen LogP contribution >= 0.6 is 0 Å². The maximum Gasteiger partial charge on any atom is 0.141 e. The second-order valence-electron chi connectivity index (χ2n) is 11.3. The largest absolute Gasteiger partial charge is 0.402 e. The molecule has 240 valence electrons. The lowest BCUT2D eigenvalue weighted by Crippen LogP contribution is -2.25. The van der Waals surface area contributed by atoms with Gasteiger partial charge in [-0.1, -0.05) is 0 Å². The molecule has 7 nitrogen and oxygen atoms in total. The maximum absolute atomic E-state index is 14.1. The number of fused-ring (bicyclic) bond motifs is 2. The summed E-state index contributed by atoms with van der Waals surface area (Å²) in [5.41, 5.74) is 9.79. The van der Waals surface area contributed by atoms with E-state index in [0.29, 0.717) is 22.3 Å². The molecular weight excluding hydrogens is 642 g/mol. The van der Waals surface area contributed by atoms with Gasteiger partial charge < -0.3 is 5.73 Å². The molecule has 2 aromatic heterocycles. The van der Waals surface area contributed by atoms with Crippen LogP contribution in [0.2, 0.25) is 0 Å². The van der Waals surface area contributed by atoms with Crippen molar-refractivity contribution in [3.05, 3.63) is 131 Å². The Morgan fingerprint density at radius 2 is 0.700 bits per heavy atom. The van der Waals surface area contributed by atoms with Crippen LogP contribution in [0, 0.1) is 45.9 Å². The zero-order valence-electron chi connectivity index (χ0n) is 26.0. The molecule has 5 aromatic carbocycles. The number of aromatic nitrogens is 4. The first-order chi connectivity index (χ1) is 24.2. The highest BCUT2D eigenvalue weighted by Gasteiger charge is 2.23. The van der Waals surface area contributed by atoms with E-state index >= 15 is 0 Å². The summed E-state index contributed by atoms with van der Waals surface area (Å²) in [5, 5.41) is 20.8. The monoisotopic (exact) mass is 663 g/mol. The van der Waals surface area contributed by atoms with Crippen LogP contribution in [0.1, 0.15) is 6.92 Å². The summed E-state index contributed by atoms with van der Waals surface area (Å²) in [6.45, 7) is 1.62. The summed E-state index contributed by atoms with van der Waals surface area (Å²) >= 11 is 0. The molecule has 11 heteroatoms. The van der Waals surface area contributed by atoms with Crippen molar-refractivity contribution in [3.63, 3.8) is 0 Å². The minimum absolute atomic E-state index is 0.00744. The average Bonchev–Trinajstić information content (AvgIpc) is 3.12. The summed E-state index contributed by atoms with van der Waals surface area (Å²) in [4.78, 5) is 19.9. The molecule has 2 N–H and O–H groups in total. The third kappa shape index (κ3) is 5.53. The maximum atomic E-state index is 14.1. The van der Waals surface area contributed by atoms with Crippen molar-refractivity contribution in [1.29, 1.82) is 10.5 Å². The van der Waals surface area contributed by atoms with E-state index in [1.165, 1.54) is 97.1 Å². The zero-order chi connectivity index (χ0) is 35.1. The van der Waals surface area contributed by atoms with E-state index in [9.17, 15) is 28.1 Å². The van der Waals surface area contributed by atoms with Gasteiger partial charge in [-0.3, -0.25) is 0 Å². The quantitative estimate of drug-likeness (QED) is 0.158. The molecule has 0 spiro atoms. The Morgan fingerprint density at radius 3 is 0.920 bits per heavy atom. The van der Waals surface area contributed by atoms with Gasteiger partial charge in [0.2, 0.25) is 0 Å². The van der Waals surface area contributed by atoms with E-state index < -0.39 is 23.3 Å². The van der Waals surface area contributed by atoms with Gasteiger partial charge in [0.1, 0.15) is 63.0 Å². The summed E-state index contributed by atoms with van der Waals surface area (Å²) in [6.07, 6.45) is 0. The second kappa shape index (κ2) is 12.6. The minimum atomic E-state index is -0.488. The number of benzene rings is 5. The third-order valence-corrected chi connectivity index (χ3v) is 8.08. The number of nitrogens with zero attached hydrogens (tertiary/aromatic N) is 6. The molecule has 0 atom stereocenters. The summed E-state index contributed by atoms with van der Waals surface area (Å²) in [7, 11) is 0. The van der Waals surface area contributed by atoms with Crippen LogP contribution < -0.4 is 16.2 Å². The smallest absolute Gasteiger partial charge is 0.141 e. The van der Waals surface area contributed by atoms with Gasteiger partial charge in [0, 0.05) is 33.2 Å². The van der Waals surface area contributed by atoms with Crippen LogP contribution in [0.3, 0.4) is 0 Å². The molecule has 0 fully saturated rings. The van der Waals surface area contributed by atoms with Crippen LogP contribution in [0.15, 0.2) is 97.1 Å². The SMILES string of the molecule is CC(N)=c1c2nc(-c3ccc(F)cc3)c(-c3ccc(F)cc3)nc2c(=C(C#N)C#N)c2nc(-c3ccc(F)cc3)c(-c3ccc(F)cc3)nc12. The third-order valence-electron chi connectivity index (χ3n) is 8.08. The van der Waals surface area contributed by atoms with Crippen molar-refractivity contribution in [3.8, 4) is 57.2 Å². The number of rotatable bonds is 4. The summed E-state index contributed by atoms with van der Waals surface area (Å²) in [6, 6.07) is 26.0. The normalized spacial score (nSPS) is 10.9. The molecule has 0 aliphatic carbocycles. The van der Waals surface area contributed by atoms with Gasteiger partial charge in [0.05, 0.1) is 28.0 Å². The standard InChI is InChI=1S/C39H21F4N7/c1-20(46)30-36-38(49-34(23-6-14-28(42)15-7-23)32(47-36)21-2-10-26(40)11-3-21)31(25(18-44)19-45)39-37(30)48-33(22-4-12-27(41)13-5-22)35(50-39)24-8-16-29(43)17-9-24/h2-17H,46H2,1H3. The fourth-order valence-electron chi connectivity index (χ4n) is 5.78. The molecule has 0 unspecified atom stereocenters. The summed E-state index contributed by atoms with van der Waals surface area (Å²) in [5.74, 6) is -1.93. The highest BCUT2D eigenvalue weighted by molar-refractivity contribution is 6.01. The lowest BCUT2D eigenvalue weighted by Gasteiger charge is -2.16. The first kappa shape index (κ1) is 31.6. The van der Waals surface area contributed by atoms with Crippen molar-refractivity contribution >= 4 is 33.3 Å². The molecule has 0 radical (unpaired) electrons. The van der Waals surface area contributed by atoms with Gasteiger partial charge in [-0.25, -0.2) is 37.5 Å².